The van der Waals surface area contributed by atoms with Gasteiger partial charge in [-0.1, -0.05) is 12.1 Å². The number of benzene rings is 1. The lowest BCUT2D eigenvalue weighted by atomic mass is 10.0. The predicted molar refractivity (Wildman–Crippen MR) is 107 cm³/mol. The highest BCUT2D eigenvalue weighted by Crippen LogP contribution is 2.13. The molecule has 1 aromatic carbocycles. The number of phenolic OH excluding ortho intramolecular Hbond substituents is 1. The van der Waals surface area contributed by atoms with Gasteiger partial charge in [0.15, 0.2) is 0 Å². The third-order valence-electron chi connectivity index (χ3n) is 4.98. The molecule has 2 amide bonds. The highest BCUT2D eigenvalue weighted by atomic mass is 16.4. The van der Waals surface area contributed by atoms with E-state index in [2.05, 4.69) is 25.9 Å². The van der Waals surface area contributed by atoms with Gasteiger partial charge >= 0.3 is 5.97 Å². The van der Waals surface area contributed by atoms with E-state index < -0.39 is 24.0 Å². The molecule has 3 atom stereocenters. The molecular weight excluding hydrogens is 390 g/mol. The molecule has 0 aliphatic carbocycles. The Balaban J connectivity index is 1.72. The number of H-pyrrole nitrogens is 1. The van der Waals surface area contributed by atoms with E-state index in [4.69, 9.17) is 0 Å². The zero-order chi connectivity index (χ0) is 21.5. The second-order valence-corrected chi connectivity index (χ2v) is 7.26. The summed E-state index contributed by atoms with van der Waals surface area (Å²) < 4.78 is 0. The van der Waals surface area contributed by atoms with Crippen molar-refractivity contribution in [3.63, 3.8) is 0 Å². The van der Waals surface area contributed by atoms with Crippen LogP contribution < -0.4 is 16.0 Å². The quantitative estimate of drug-likeness (QED) is 0.328. The maximum atomic E-state index is 12.9. The Morgan fingerprint density at radius 2 is 1.90 bits per heavy atom. The fourth-order valence-corrected chi connectivity index (χ4v) is 3.35. The van der Waals surface area contributed by atoms with Crippen LogP contribution in [0.5, 0.6) is 5.75 Å². The van der Waals surface area contributed by atoms with E-state index in [1.165, 1.54) is 24.7 Å². The Bertz CT molecular complexity index is 862. The summed E-state index contributed by atoms with van der Waals surface area (Å²) in [5.74, 6) is -2.00. The molecule has 0 radical (unpaired) electrons. The van der Waals surface area contributed by atoms with Crippen LogP contribution in [0.3, 0.4) is 0 Å². The molecule has 0 spiro atoms. The second-order valence-electron chi connectivity index (χ2n) is 7.26. The van der Waals surface area contributed by atoms with Crippen LogP contribution in [-0.4, -0.2) is 62.6 Å². The molecule has 0 bridgehead atoms. The number of phenols is 1. The van der Waals surface area contributed by atoms with Gasteiger partial charge in [-0.3, -0.25) is 9.59 Å². The van der Waals surface area contributed by atoms with Gasteiger partial charge in [-0.2, -0.15) is 0 Å². The molecule has 1 aliphatic rings. The lowest BCUT2D eigenvalue weighted by molar-refractivity contribution is -0.142. The van der Waals surface area contributed by atoms with Crippen LogP contribution in [0.25, 0.3) is 0 Å². The number of aromatic hydroxyl groups is 1. The van der Waals surface area contributed by atoms with Crippen molar-refractivity contribution in [3.05, 3.63) is 48.0 Å². The number of imidazole rings is 1. The zero-order valence-electron chi connectivity index (χ0n) is 16.3. The van der Waals surface area contributed by atoms with Crippen molar-refractivity contribution >= 4 is 17.8 Å². The van der Waals surface area contributed by atoms with Crippen LogP contribution in [0.2, 0.25) is 0 Å². The predicted octanol–water partition coefficient (Wildman–Crippen LogP) is -0.293. The van der Waals surface area contributed by atoms with Gasteiger partial charge in [-0.05, 0) is 37.1 Å². The highest BCUT2D eigenvalue weighted by Gasteiger charge is 2.30. The summed E-state index contributed by atoms with van der Waals surface area (Å²) in [6, 6.07) is 3.76. The summed E-state index contributed by atoms with van der Waals surface area (Å²) in [4.78, 5) is 43.8. The lowest BCUT2D eigenvalue weighted by Gasteiger charge is -2.23. The number of carboxylic acid groups (broad SMARTS) is 1. The molecule has 0 unspecified atom stereocenters. The minimum Gasteiger partial charge on any atom is -0.508 e. The van der Waals surface area contributed by atoms with Crippen molar-refractivity contribution in [1.82, 2.24) is 25.9 Å². The molecule has 3 rings (SSSR count). The van der Waals surface area contributed by atoms with E-state index in [0.29, 0.717) is 17.7 Å². The van der Waals surface area contributed by atoms with Crippen molar-refractivity contribution in [3.8, 4) is 5.75 Å². The third-order valence-corrected chi connectivity index (χ3v) is 4.98. The van der Waals surface area contributed by atoms with Crippen molar-refractivity contribution < 1.29 is 24.6 Å². The third kappa shape index (κ3) is 5.80. The fraction of sp³-hybridized carbons (Fsp3) is 0.400. The summed E-state index contributed by atoms with van der Waals surface area (Å²) in [5, 5.41) is 27.3. The fourth-order valence-electron chi connectivity index (χ4n) is 3.35. The molecule has 2 aromatic rings. The van der Waals surface area contributed by atoms with E-state index >= 15 is 0 Å². The molecular formula is C20H25N5O5. The minimum atomic E-state index is -1.19. The Hall–Kier alpha value is -3.40. The largest absolute Gasteiger partial charge is 0.508 e. The molecule has 0 saturated carbocycles. The summed E-state index contributed by atoms with van der Waals surface area (Å²) in [6.45, 7) is 0.734. The van der Waals surface area contributed by atoms with Crippen LogP contribution >= 0.6 is 0 Å². The maximum Gasteiger partial charge on any atom is 0.326 e. The average Bonchev–Trinajstić information content (AvgIpc) is 3.42. The molecule has 1 fully saturated rings. The maximum absolute atomic E-state index is 12.9. The molecule has 160 valence electrons. The van der Waals surface area contributed by atoms with Crippen LogP contribution in [0, 0.1) is 0 Å². The number of aliphatic carboxylic acids is 1. The first-order valence-corrected chi connectivity index (χ1v) is 9.74. The molecule has 10 nitrogen and oxygen atoms in total. The summed E-state index contributed by atoms with van der Waals surface area (Å²) >= 11 is 0. The van der Waals surface area contributed by atoms with Crippen LogP contribution in [0.4, 0.5) is 0 Å². The zero-order valence-corrected chi connectivity index (χ0v) is 16.3. The number of carbonyl (C=O) groups is 3. The van der Waals surface area contributed by atoms with Gasteiger partial charge in [0.05, 0.1) is 12.4 Å². The van der Waals surface area contributed by atoms with E-state index in [9.17, 15) is 24.6 Å². The summed E-state index contributed by atoms with van der Waals surface area (Å²) in [6.07, 6.45) is 4.66. The number of rotatable bonds is 9. The van der Waals surface area contributed by atoms with Crippen molar-refractivity contribution in [1.29, 1.82) is 0 Å². The Labute approximate surface area is 173 Å². The first-order valence-electron chi connectivity index (χ1n) is 9.74. The molecule has 1 saturated heterocycles. The number of nitrogens with zero attached hydrogens (tertiary/aromatic N) is 1. The Morgan fingerprint density at radius 1 is 1.13 bits per heavy atom. The van der Waals surface area contributed by atoms with Gasteiger partial charge in [0.2, 0.25) is 11.8 Å². The van der Waals surface area contributed by atoms with Gasteiger partial charge < -0.3 is 31.1 Å². The smallest absolute Gasteiger partial charge is 0.326 e. The Kier molecular flexibility index (Phi) is 7.02. The standard InChI is InChI=1S/C20H25N5O5/c26-14-5-3-12(4-6-14)8-16(24-18(27)15-2-1-7-22-15)19(28)25-17(20(29)30)9-13-10-21-11-23-13/h3-6,10-11,15-17,22,26H,1-2,7-9H2,(H,21,23)(H,24,27)(H,25,28)(H,29,30)/t15-,16-,17-/m0/s1. The number of carbonyl (C=O) groups excluding carboxylic acids is 2. The number of amides is 2. The molecule has 30 heavy (non-hydrogen) atoms. The normalized spacial score (nSPS) is 17.8. The van der Waals surface area contributed by atoms with Gasteiger partial charge in [-0.25, -0.2) is 9.78 Å². The van der Waals surface area contributed by atoms with E-state index in [-0.39, 0.29) is 30.5 Å². The van der Waals surface area contributed by atoms with Gasteiger partial charge in [-0.15, -0.1) is 0 Å². The summed E-state index contributed by atoms with van der Waals surface area (Å²) in [7, 11) is 0. The second kappa shape index (κ2) is 9.88. The first-order chi connectivity index (χ1) is 14.4. The SMILES string of the molecule is O=C(O)[C@H](Cc1cnc[nH]1)NC(=O)[C@H](Cc1ccc(O)cc1)NC(=O)[C@@H]1CCCN1. The number of aromatic amines is 1. The monoisotopic (exact) mass is 415 g/mol. The number of hydrogen-bond donors (Lipinski definition) is 6. The topological polar surface area (TPSA) is 156 Å². The van der Waals surface area contributed by atoms with Crippen molar-refractivity contribution in [2.24, 2.45) is 0 Å². The first kappa shape index (κ1) is 21.3. The van der Waals surface area contributed by atoms with E-state index in [0.717, 1.165) is 13.0 Å². The van der Waals surface area contributed by atoms with Crippen LogP contribution in [0.15, 0.2) is 36.8 Å². The van der Waals surface area contributed by atoms with Gasteiger partial charge in [0.1, 0.15) is 17.8 Å². The molecule has 1 aromatic heterocycles. The van der Waals surface area contributed by atoms with E-state index in [1.54, 1.807) is 12.1 Å². The molecule has 2 heterocycles. The minimum absolute atomic E-state index is 0.0329. The van der Waals surface area contributed by atoms with Crippen LogP contribution in [0.1, 0.15) is 24.1 Å². The Morgan fingerprint density at radius 3 is 2.50 bits per heavy atom. The highest BCUT2D eigenvalue weighted by molar-refractivity contribution is 5.92. The number of nitrogens with one attached hydrogen (secondary N) is 4. The van der Waals surface area contributed by atoms with Gasteiger partial charge in [0, 0.05) is 24.7 Å². The number of carboxylic acids is 1. The average molecular weight is 415 g/mol. The molecule has 6 N–H and O–H groups in total. The van der Waals surface area contributed by atoms with Crippen molar-refractivity contribution in [2.75, 3.05) is 6.54 Å². The molecule has 10 heteroatoms. The molecule has 1 aliphatic heterocycles. The van der Waals surface area contributed by atoms with Gasteiger partial charge in [0.25, 0.3) is 0 Å². The lowest BCUT2D eigenvalue weighted by Crippen LogP contribution is -2.55. The van der Waals surface area contributed by atoms with Crippen molar-refractivity contribution in [2.45, 2.75) is 43.8 Å². The van der Waals surface area contributed by atoms with Crippen LogP contribution in [-0.2, 0) is 27.2 Å². The van der Waals surface area contributed by atoms with E-state index in [1.807, 2.05) is 0 Å². The summed E-state index contributed by atoms with van der Waals surface area (Å²) in [5.41, 5.74) is 1.28. The number of hydrogen-bond acceptors (Lipinski definition) is 6. The number of aromatic nitrogens is 2.